The van der Waals surface area contributed by atoms with Crippen LogP contribution in [0.15, 0.2) is 48.9 Å². The van der Waals surface area contributed by atoms with Crippen LogP contribution in [0.3, 0.4) is 0 Å². The number of rotatable bonds is 3. The smallest absolute Gasteiger partial charge is 0.140 e. The van der Waals surface area contributed by atoms with Gasteiger partial charge < -0.3 is 4.74 Å². The van der Waals surface area contributed by atoms with E-state index in [0.29, 0.717) is 16.9 Å². The molecule has 30 heavy (non-hydrogen) atoms. The fraction of sp³-hybridized carbons (Fsp3) is 0.217. The summed E-state index contributed by atoms with van der Waals surface area (Å²) in [6.07, 6.45) is 7.99. The number of ether oxygens (including phenoxy) is 1. The predicted octanol–water partition coefficient (Wildman–Crippen LogP) is 3.96. The first-order valence-corrected chi connectivity index (χ1v) is 9.77. The van der Waals surface area contributed by atoms with E-state index in [0.717, 1.165) is 47.0 Å². The van der Waals surface area contributed by atoms with E-state index in [-0.39, 0.29) is 6.10 Å². The van der Waals surface area contributed by atoms with Crippen molar-refractivity contribution in [1.82, 2.24) is 19.6 Å². The lowest BCUT2D eigenvalue weighted by atomic mass is 9.88. The number of hydrogen-bond donors (Lipinski definition) is 0. The summed E-state index contributed by atoms with van der Waals surface area (Å²) in [4.78, 5) is 0. The van der Waals surface area contributed by atoms with Crippen LogP contribution >= 0.6 is 0 Å². The molecule has 0 N–H and O–H groups in total. The van der Waals surface area contributed by atoms with Gasteiger partial charge in [-0.2, -0.15) is 20.7 Å². The highest BCUT2D eigenvalue weighted by molar-refractivity contribution is 5.84. The first kappa shape index (κ1) is 18.0. The van der Waals surface area contributed by atoms with Gasteiger partial charge in [0.25, 0.3) is 0 Å². The van der Waals surface area contributed by atoms with Crippen LogP contribution in [0.5, 0.6) is 5.75 Å². The molecule has 7 heteroatoms. The molecule has 0 aliphatic heterocycles. The van der Waals surface area contributed by atoms with Gasteiger partial charge in [0.1, 0.15) is 23.6 Å². The van der Waals surface area contributed by atoms with E-state index in [1.807, 2.05) is 43.6 Å². The Morgan fingerprint density at radius 3 is 2.77 bits per heavy atom. The van der Waals surface area contributed by atoms with Gasteiger partial charge in [0, 0.05) is 18.5 Å². The minimum Gasteiger partial charge on any atom is -0.484 e. The van der Waals surface area contributed by atoms with Gasteiger partial charge in [-0.3, -0.25) is 4.68 Å². The third kappa shape index (κ3) is 2.98. The Bertz CT molecular complexity index is 1350. The van der Waals surface area contributed by atoms with E-state index < -0.39 is 0 Å². The van der Waals surface area contributed by atoms with Crippen molar-refractivity contribution in [1.29, 1.82) is 10.5 Å². The Balaban J connectivity index is 1.57. The molecule has 0 unspecified atom stereocenters. The van der Waals surface area contributed by atoms with Crippen LogP contribution in [0.25, 0.3) is 16.6 Å². The quantitative estimate of drug-likeness (QED) is 0.524. The largest absolute Gasteiger partial charge is 0.484 e. The van der Waals surface area contributed by atoms with Crippen LogP contribution in [-0.2, 0) is 13.5 Å². The van der Waals surface area contributed by atoms with Crippen molar-refractivity contribution in [2.75, 3.05) is 0 Å². The van der Waals surface area contributed by atoms with Gasteiger partial charge in [0.2, 0.25) is 0 Å². The molecule has 146 valence electrons. The zero-order chi connectivity index (χ0) is 20.7. The van der Waals surface area contributed by atoms with Crippen LogP contribution in [0, 0.1) is 22.7 Å². The minimum atomic E-state index is -0.152. The van der Waals surface area contributed by atoms with Crippen LogP contribution in [0.1, 0.15) is 41.2 Å². The minimum absolute atomic E-state index is 0.152. The van der Waals surface area contributed by atoms with Gasteiger partial charge in [-0.1, -0.05) is 6.07 Å². The highest BCUT2D eigenvalue weighted by Gasteiger charge is 2.24. The zero-order valence-corrected chi connectivity index (χ0v) is 16.4. The maximum Gasteiger partial charge on any atom is 0.140 e. The molecule has 0 radical (unpaired) electrons. The molecule has 5 rings (SSSR count). The fourth-order valence-electron chi connectivity index (χ4n) is 4.08. The summed E-state index contributed by atoms with van der Waals surface area (Å²) in [7, 11) is 1.86. The Labute approximate surface area is 173 Å². The molecule has 1 aliphatic carbocycles. The molecule has 0 saturated carbocycles. The monoisotopic (exact) mass is 394 g/mol. The number of benzene rings is 2. The van der Waals surface area contributed by atoms with E-state index in [1.165, 1.54) is 0 Å². The Hall–Kier alpha value is -4.10. The zero-order valence-electron chi connectivity index (χ0n) is 16.4. The summed E-state index contributed by atoms with van der Waals surface area (Å²) < 4.78 is 9.90. The topological polar surface area (TPSA) is 92.5 Å². The lowest BCUT2D eigenvalue weighted by Gasteiger charge is -2.27. The molecule has 4 aromatic rings. The van der Waals surface area contributed by atoms with Crippen LogP contribution in [0.2, 0.25) is 0 Å². The van der Waals surface area contributed by atoms with Crippen LogP contribution in [-0.4, -0.2) is 19.6 Å². The van der Waals surface area contributed by atoms with Crippen molar-refractivity contribution >= 4 is 10.9 Å². The van der Waals surface area contributed by atoms with Gasteiger partial charge in [0.15, 0.2) is 0 Å². The summed E-state index contributed by atoms with van der Waals surface area (Å²) in [6, 6.07) is 13.9. The first-order chi connectivity index (χ1) is 14.7. The normalized spacial score (nSPS) is 15.4. The lowest BCUT2D eigenvalue weighted by molar-refractivity contribution is 0.183. The standard InChI is InChI=1S/C23H18N6O/c1-28-14-19(13-26-28)29-21-9-23(17(11-25)8-18(21)12-27-29)30-22-4-2-3-16-7-15(10-24)5-6-20(16)22/h5-9,12-14,22H,2-4H2,1H3/t22-/m0/s1. The Morgan fingerprint density at radius 1 is 1.10 bits per heavy atom. The molecule has 1 aliphatic rings. The molecule has 0 saturated heterocycles. The second-order valence-corrected chi connectivity index (χ2v) is 7.47. The van der Waals surface area contributed by atoms with E-state index in [1.54, 1.807) is 21.8 Å². The molecule has 0 bridgehead atoms. The third-order valence-electron chi connectivity index (χ3n) is 5.53. The van der Waals surface area contributed by atoms with Crippen molar-refractivity contribution in [3.8, 4) is 23.6 Å². The molecule has 0 amide bonds. The summed E-state index contributed by atoms with van der Waals surface area (Å²) in [5.41, 5.74) is 5.07. The molecular formula is C23H18N6O. The van der Waals surface area contributed by atoms with Crippen molar-refractivity contribution in [2.24, 2.45) is 7.05 Å². The molecule has 1 atom stereocenters. The predicted molar refractivity (Wildman–Crippen MR) is 110 cm³/mol. The molecule has 2 heterocycles. The highest BCUT2D eigenvalue weighted by atomic mass is 16.5. The average Bonchev–Trinajstić information content (AvgIpc) is 3.38. The van der Waals surface area contributed by atoms with Crippen molar-refractivity contribution in [2.45, 2.75) is 25.4 Å². The lowest BCUT2D eigenvalue weighted by Crippen LogP contribution is -2.16. The Morgan fingerprint density at radius 2 is 2.00 bits per heavy atom. The molecule has 2 aromatic carbocycles. The van der Waals surface area contributed by atoms with Crippen LogP contribution in [0.4, 0.5) is 0 Å². The van der Waals surface area contributed by atoms with Gasteiger partial charge in [-0.05, 0) is 48.6 Å². The third-order valence-corrected chi connectivity index (χ3v) is 5.53. The van der Waals surface area contributed by atoms with E-state index >= 15 is 0 Å². The van der Waals surface area contributed by atoms with Crippen molar-refractivity contribution in [3.63, 3.8) is 0 Å². The van der Waals surface area contributed by atoms with Gasteiger partial charge >= 0.3 is 0 Å². The van der Waals surface area contributed by atoms with Crippen LogP contribution < -0.4 is 4.74 Å². The molecule has 7 nitrogen and oxygen atoms in total. The summed E-state index contributed by atoms with van der Waals surface area (Å²) in [6.45, 7) is 0. The fourth-order valence-corrected chi connectivity index (χ4v) is 4.08. The number of hydrogen-bond acceptors (Lipinski definition) is 5. The molecule has 0 spiro atoms. The average molecular weight is 394 g/mol. The number of aromatic nitrogens is 4. The number of aryl methyl sites for hydroxylation is 2. The van der Waals surface area contributed by atoms with Crippen molar-refractivity contribution in [3.05, 3.63) is 71.2 Å². The summed E-state index contributed by atoms with van der Waals surface area (Å²) in [5.74, 6) is 0.540. The highest BCUT2D eigenvalue weighted by Crippen LogP contribution is 2.36. The van der Waals surface area contributed by atoms with Crippen molar-refractivity contribution < 1.29 is 4.74 Å². The summed E-state index contributed by atoms with van der Waals surface area (Å²) in [5, 5.41) is 28.4. The second kappa shape index (κ2) is 7.06. The SMILES string of the molecule is Cn1cc(-n2ncc3cc(C#N)c(O[C@H]4CCCc5cc(C#N)ccc54)cc32)cn1. The Kier molecular flexibility index (Phi) is 4.22. The second-order valence-electron chi connectivity index (χ2n) is 7.47. The van der Waals surface area contributed by atoms with Gasteiger partial charge in [0.05, 0.1) is 41.3 Å². The van der Waals surface area contributed by atoms with Gasteiger partial charge in [-0.25, -0.2) is 4.68 Å². The number of fused-ring (bicyclic) bond motifs is 2. The number of nitriles is 2. The summed E-state index contributed by atoms with van der Waals surface area (Å²) >= 11 is 0. The van der Waals surface area contributed by atoms with E-state index in [2.05, 4.69) is 22.3 Å². The maximum atomic E-state index is 9.69. The molecule has 2 aromatic heterocycles. The first-order valence-electron chi connectivity index (χ1n) is 9.77. The maximum absolute atomic E-state index is 9.69. The van der Waals surface area contributed by atoms with E-state index in [4.69, 9.17) is 4.74 Å². The number of nitrogens with zero attached hydrogens (tertiary/aromatic N) is 6. The molecule has 0 fully saturated rings. The van der Waals surface area contributed by atoms with E-state index in [9.17, 15) is 10.5 Å². The molecular weight excluding hydrogens is 376 g/mol. The van der Waals surface area contributed by atoms with Gasteiger partial charge in [-0.15, -0.1) is 0 Å².